The molecular weight excluding hydrogens is 265 g/mol. The third kappa shape index (κ3) is 5.54. The molecule has 84 valence electrons. The summed E-state index contributed by atoms with van der Waals surface area (Å²) in [5.41, 5.74) is -0.764. The van der Waals surface area contributed by atoms with Gasteiger partial charge in [0.25, 0.3) is 0 Å². The van der Waals surface area contributed by atoms with E-state index < -0.39 is 5.41 Å². The Labute approximate surface area is 99.5 Å². The van der Waals surface area contributed by atoms with Crippen LogP contribution < -0.4 is 0 Å². The van der Waals surface area contributed by atoms with Gasteiger partial charge in [-0.2, -0.15) is 0 Å². The van der Waals surface area contributed by atoms with Gasteiger partial charge in [-0.15, -0.1) is 0 Å². The number of carbonyl (C=O) groups excluding carboxylic acids is 1. The van der Waals surface area contributed by atoms with Gasteiger partial charge in [0, 0.05) is 36.4 Å². The number of aliphatic hydroxyl groups is 1. The van der Waals surface area contributed by atoms with Crippen molar-refractivity contribution in [2.45, 2.75) is 41.5 Å². The van der Waals surface area contributed by atoms with Crippen molar-refractivity contribution >= 4 is 5.78 Å². The van der Waals surface area contributed by atoms with Crippen molar-refractivity contribution < 1.29 is 29.4 Å². The predicted octanol–water partition coefficient (Wildman–Crippen LogP) is 3.09. The molecule has 0 saturated heterocycles. The van der Waals surface area contributed by atoms with Crippen LogP contribution >= 0.6 is 0 Å². The van der Waals surface area contributed by atoms with E-state index in [1.807, 2.05) is 41.5 Å². The van der Waals surface area contributed by atoms with Crippen LogP contribution in [0, 0.1) is 10.8 Å². The van der Waals surface area contributed by atoms with Crippen molar-refractivity contribution in [1.82, 2.24) is 0 Å². The molecule has 3 heteroatoms. The normalized spacial score (nSPS) is 13.4. The fourth-order valence-corrected chi connectivity index (χ4v) is 0.557. The van der Waals surface area contributed by atoms with E-state index in [9.17, 15) is 9.90 Å². The van der Waals surface area contributed by atoms with E-state index in [0.29, 0.717) is 0 Å². The molecule has 0 spiro atoms. The zero-order valence-electron chi connectivity index (χ0n) is 9.79. The van der Waals surface area contributed by atoms with E-state index in [2.05, 4.69) is 0 Å². The number of hydrogen-bond donors (Lipinski definition) is 1. The number of carbonyl (C=O) groups is 1. The van der Waals surface area contributed by atoms with Gasteiger partial charge < -0.3 is 5.11 Å². The summed E-state index contributed by atoms with van der Waals surface area (Å²) >= 11 is 0. The molecule has 0 aromatic heterocycles. The molecule has 0 saturated carbocycles. The van der Waals surface area contributed by atoms with Gasteiger partial charge >= 0.3 is 0 Å². The number of aliphatic hydroxyl groups excluding tert-OH is 1. The molecule has 2 nitrogen and oxygen atoms in total. The molecule has 1 N–H and O–H groups in total. The topological polar surface area (TPSA) is 37.3 Å². The summed E-state index contributed by atoms with van der Waals surface area (Å²) in [6.45, 7) is 11.1. The van der Waals surface area contributed by atoms with Crippen LogP contribution in [0.3, 0.4) is 0 Å². The summed E-state index contributed by atoms with van der Waals surface area (Å²) in [5, 5.41) is 9.56. The molecule has 0 bridgehead atoms. The fraction of sp³-hybridized carbons (Fsp3) is 0.727. The molecule has 0 unspecified atom stereocenters. The van der Waals surface area contributed by atoms with E-state index in [0.717, 1.165) is 0 Å². The van der Waals surface area contributed by atoms with E-state index >= 15 is 0 Å². The van der Waals surface area contributed by atoms with Crippen LogP contribution in [0.15, 0.2) is 11.8 Å². The van der Waals surface area contributed by atoms with Crippen LogP contribution in [0.25, 0.3) is 0 Å². The van der Waals surface area contributed by atoms with Crippen LogP contribution in [0.5, 0.6) is 0 Å². The second-order valence-corrected chi connectivity index (χ2v) is 5.39. The van der Waals surface area contributed by atoms with Crippen molar-refractivity contribution in [1.29, 1.82) is 0 Å². The third-order valence-corrected chi connectivity index (χ3v) is 1.78. The summed E-state index contributed by atoms with van der Waals surface area (Å²) in [7, 11) is 0. The average Bonchev–Trinajstić information content (AvgIpc) is 1.82. The molecule has 0 aliphatic carbocycles. The maximum Gasteiger partial charge on any atom is 0.164 e. The quantitative estimate of drug-likeness (QED) is 0.457. The van der Waals surface area contributed by atoms with Gasteiger partial charge in [0.05, 0.1) is 0 Å². The minimum absolute atomic E-state index is 0. The maximum atomic E-state index is 11.5. The van der Waals surface area contributed by atoms with E-state index in [1.165, 1.54) is 6.08 Å². The summed E-state index contributed by atoms with van der Waals surface area (Å²) in [6.07, 6.45) is 1.33. The average molecular weight is 285 g/mol. The first-order chi connectivity index (χ1) is 5.55. The van der Waals surface area contributed by atoms with Crippen molar-refractivity contribution in [2.24, 2.45) is 10.8 Å². The van der Waals surface area contributed by atoms with Crippen molar-refractivity contribution in [3.05, 3.63) is 11.8 Å². The van der Waals surface area contributed by atoms with Crippen LogP contribution in [-0.4, -0.2) is 10.9 Å². The standard InChI is InChI=1S/C11H20O2.Ru/c1-10(2,3)8(12)7-9(13)11(4,5)6;/h7,12H,1-6H3;/b8-7-;. The Morgan fingerprint density at radius 3 is 1.57 bits per heavy atom. The first-order valence-corrected chi connectivity index (χ1v) is 4.51. The summed E-state index contributed by atoms with van der Waals surface area (Å²) in [5.74, 6) is 0.104. The minimum Gasteiger partial charge on any atom is -0.512 e. The largest absolute Gasteiger partial charge is 0.512 e. The van der Waals surface area contributed by atoms with Crippen LogP contribution in [0.1, 0.15) is 41.5 Å². The van der Waals surface area contributed by atoms with Crippen LogP contribution in [-0.2, 0) is 24.3 Å². The van der Waals surface area contributed by atoms with Crippen LogP contribution in [0.2, 0.25) is 0 Å². The van der Waals surface area contributed by atoms with E-state index in [1.54, 1.807) is 0 Å². The SMILES string of the molecule is CC(C)(C)C(=O)/C=C(\O)C(C)(C)C.[Ru]. The molecule has 14 heavy (non-hydrogen) atoms. The van der Waals surface area contributed by atoms with Gasteiger partial charge in [-0.25, -0.2) is 0 Å². The molecule has 0 fully saturated rings. The number of rotatable bonds is 1. The van der Waals surface area contributed by atoms with Gasteiger partial charge in [0.1, 0.15) is 5.76 Å². The third-order valence-electron chi connectivity index (χ3n) is 1.78. The molecule has 0 radical (unpaired) electrons. The zero-order chi connectivity index (χ0) is 10.9. The second kappa shape index (κ2) is 5.07. The zero-order valence-corrected chi connectivity index (χ0v) is 11.5. The Hall–Kier alpha value is -0.167. The molecule has 0 rings (SSSR count). The number of allylic oxidation sites excluding steroid dienone is 2. The Morgan fingerprint density at radius 2 is 1.36 bits per heavy atom. The Bertz CT molecular complexity index is 229. The maximum absolute atomic E-state index is 11.5. The molecular formula is C11H20O2Ru. The van der Waals surface area contributed by atoms with Gasteiger partial charge in [-0.05, 0) is 0 Å². The first-order valence-electron chi connectivity index (χ1n) is 4.51. The fourth-order valence-electron chi connectivity index (χ4n) is 0.557. The summed E-state index contributed by atoms with van der Waals surface area (Å²) in [6, 6.07) is 0. The Morgan fingerprint density at radius 1 is 1.00 bits per heavy atom. The Kier molecular flexibility index (Phi) is 5.89. The van der Waals surface area contributed by atoms with Gasteiger partial charge in [-0.1, -0.05) is 41.5 Å². The number of hydrogen-bond acceptors (Lipinski definition) is 2. The van der Waals surface area contributed by atoms with Crippen LogP contribution in [0.4, 0.5) is 0 Å². The van der Waals surface area contributed by atoms with Gasteiger partial charge in [0.2, 0.25) is 0 Å². The van der Waals surface area contributed by atoms with E-state index in [4.69, 9.17) is 0 Å². The Balaban J connectivity index is 0. The molecule has 0 atom stereocenters. The monoisotopic (exact) mass is 286 g/mol. The molecule has 0 aromatic carbocycles. The predicted molar refractivity (Wildman–Crippen MR) is 54.6 cm³/mol. The minimum atomic E-state index is -0.417. The van der Waals surface area contributed by atoms with Crippen molar-refractivity contribution in [3.63, 3.8) is 0 Å². The first kappa shape index (κ1) is 16.3. The van der Waals surface area contributed by atoms with Crippen molar-refractivity contribution in [3.8, 4) is 0 Å². The van der Waals surface area contributed by atoms with Gasteiger partial charge in [-0.3, -0.25) is 4.79 Å². The molecule has 0 heterocycles. The second-order valence-electron chi connectivity index (χ2n) is 5.39. The molecule has 0 aromatic rings. The summed E-state index contributed by atoms with van der Waals surface area (Å²) in [4.78, 5) is 11.5. The molecule has 0 aliphatic rings. The molecule has 0 aliphatic heterocycles. The van der Waals surface area contributed by atoms with Crippen molar-refractivity contribution in [2.75, 3.05) is 0 Å². The van der Waals surface area contributed by atoms with Gasteiger partial charge in [0.15, 0.2) is 5.78 Å². The number of ketones is 1. The smallest absolute Gasteiger partial charge is 0.164 e. The van der Waals surface area contributed by atoms with E-state index in [-0.39, 0.29) is 36.4 Å². The summed E-state index contributed by atoms with van der Waals surface area (Å²) < 4.78 is 0. The molecule has 0 amide bonds.